The van der Waals surface area contributed by atoms with Crippen molar-refractivity contribution in [1.82, 2.24) is 15.6 Å². The van der Waals surface area contributed by atoms with Gasteiger partial charge in [0, 0.05) is 5.56 Å². The minimum Gasteiger partial charge on any atom is -0.464 e. The number of nitrogen functional groups attached to an aromatic ring is 1. The molecule has 1 aromatic carbocycles. The van der Waals surface area contributed by atoms with Crippen molar-refractivity contribution < 1.29 is 33.1 Å². The lowest BCUT2D eigenvalue weighted by molar-refractivity contribution is -0.146. The number of aromatic nitrogens is 1. The molecule has 2 amide bonds. The number of hydrogen-bond donors (Lipinski definition) is 3. The number of benzene rings is 2. The standard InChI is InChI=1S/C32H42N4O8/c1-9-42-31(40)20(13-15(3)4)34-29(38)19-12-11-17(7)27-24(19)36-25-22(23(33)26(37)18(8)28(25)44-27)30(39)35-21(14-16(5)6)32(41)43-10-2/h11-12,15-16,20-21H,9-10,13-14,33H2,1-8H3,(H,34,38)(H,35,39)/t20-,21-/m1/s1. The average Bonchev–Trinajstić information content (AvgIpc) is 2.94. The zero-order chi connectivity index (χ0) is 32.9. The number of aryl methyl sites for hydroxylation is 1. The van der Waals surface area contributed by atoms with Crippen molar-refractivity contribution in [2.24, 2.45) is 11.8 Å². The van der Waals surface area contributed by atoms with Crippen LogP contribution in [0.4, 0.5) is 5.69 Å². The van der Waals surface area contributed by atoms with E-state index in [0.29, 0.717) is 12.0 Å². The fourth-order valence-electron chi connectivity index (χ4n) is 4.93. The van der Waals surface area contributed by atoms with Crippen LogP contribution in [0, 0.1) is 25.7 Å². The summed E-state index contributed by atoms with van der Waals surface area (Å²) in [6, 6.07) is 1.29. The molecule has 0 fully saturated rings. The van der Waals surface area contributed by atoms with Gasteiger partial charge in [0.2, 0.25) is 5.43 Å². The molecular formula is C32H42N4O8. The maximum atomic E-state index is 13.7. The number of rotatable bonds is 12. The van der Waals surface area contributed by atoms with Gasteiger partial charge in [0.05, 0.1) is 30.0 Å². The Morgan fingerprint density at radius 2 is 1.41 bits per heavy atom. The molecule has 44 heavy (non-hydrogen) atoms. The number of nitrogens with two attached hydrogens (primary N) is 1. The number of ether oxygens (including phenoxy) is 2. The van der Waals surface area contributed by atoms with E-state index >= 15 is 0 Å². The topological polar surface area (TPSA) is 180 Å². The highest BCUT2D eigenvalue weighted by Gasteiger charge is 2.32. The lowest BCUT2D eigenvalue weighted by Gasteiger charge is -2.22. The van der Waals surface area contributed by atoms with Crippen LogP contribution in [-0.2, 0) is 19.1 Å². The van der Waals surface area contributed by atoms with Gasteiger partial charge in [-0.25, -0.2) is 14.6 Å². The number of amides is 2. The molecule has 1 aromatic rings. The second-order valence-corrected chi connectivity index (χ2v) is 11.6. The SMILES string of the molecule is CCOC(=O)[C@@H](CC(C)C)NC(=O)c1c2nc3c(C(=O)N[C@H](CC(C)C)C(=O)OCC)ccc(C)c3oc-2c(C)c(=O)c1N. The molecule has 3 rings (SSSR count). The molecule has 1 aliphatic heterocycles. The molecule has 4 N–H and O–H groups in total. The largest absolute Gasteiger partial charge is 0.464 e. The number of esters is 2. The van der Waals surface area contributed by atoms with Gasteiger partial charge in [-0.3, -0.25) is 14.4 Å². The van der Waals surface area contributed by atoms with Gasteiger partial charge in [0.25, 0.3) is 11.8 Å². The van der Waals surface area contributed by atoms with Crippen LogP contribution in [0.5, 0.6) is 0 Å². The summed E-state index contributed by atoms with van der Waals surface area (Å²) in [5.41, 5.74) is 6.00. The molecule has 0 unspecified atom stereocenters. The second-order valence-electron chi connectivity index (χ2n) is 11.6. The first-order chi connectivity index (χ1) is 20.7. The third kappa shape index (κ3) is 7.35. The van der Waals surface area contributed by atoms with Crippen LogP contribution < -0.4 is 21.8 Å². The Morgan fingerprint density at radius 1 is 0.886 bits per heavy atom. The maximum absolute atomic E-state index is 13.7. The maximum Gasteiger partial charge on any atom is 0.328 e. The minimum absolute atomic E-state index is 0.0169. The number of hydrogen-bond acceptors (Lipinski definition) is 10. The summed E-state index contributed by atoms with van der Waals surface area (Å²) in [5.74, 6) is -2.47. The Morgan fingerprint density at radius 3 is 1.91 bits per heavy atom. The quantitative estimate of drug-likeness (QED) is 0.155. The number of nitrogens with zero attached hydrogens (tertiary/aromatic N) is 1. The van der Waals surface area contributed by atoms with E-state index in [1.165, 1.54) is 13.0 Å². The van der Waals surface area contributed by atoms with Gasteiger partial charge < -0.3 is 30.3 Å². The molecular weight excluding hydrogens is 568 g/mol. The summed E-state index contributed by atoms with van der Waals surface area (Å²) in [6.45, 7) is 14.5. The van der Waals surface area contributed by atoms with E-state index in [2.05, 4.69) is 15.6 Å². The molecule has 0 radical (unpaired) electrons. The van der Waals surface area contributed by atoms with Gasteiger partial charge in [0.15, 0.2) is 11.3 Å². The van der Waals surface area contributed by atoms with Crippen molar-refractivity contribution in [2.75, 3.05) is 18.9 Å². The van der Waals surface area contributed by atoms with Crippen LogP contribution in [0.15, 0.2) is 21.3 Å². The summed E-state index contributed by atoms with van der Waals surface area (Å²) >= 11 is 0. The van der Waals surface area contributed by atoms with E-state index in [9.17, 15) is 24.0 Å². The first kappa shape index (κ1) is 34.0. The summed E-state index contributed by atoms with van der Waals surface area (Å²) in [7, 11) is 0. The molecule has 2 atom stereocenters. The summed E-state index contributed by atoms with van der Waals surface area (Å²) in [6.07, 6.45) is 0.625. The number of carbonyl (C=O) groups is 4. The summed E-state index contributed by atoms with van der Waals surface area (Å²) in [5, 5.41) is 5.40. The van der Waals surface area contributed by atoms with Crippen molar-refractivity contribution in [3.05, 3.63) is 44.6 Å². The normalized spacial score (nSPS) is 12.8. The zero-order valence-electron chi connectivity index (χ0n) is 26.6. The number of carbonyl (C=O) groups excluding carboxylic acids is 4. The molecule has 2 aliphatic rings. The van der Waals surface area contributed by atoms with Crippen molar-refractivity contribution in [1.29, 1.82) is 0 Å². The molecule has 0 bridgehead atoms. The van der Waals surface area contributed by atoms with E-state index in [-0.39, 0.29) is 76.4 Å². The zero-order valence-corrected chi connectivity index (χ0v) is 26.6. The van der Waals surface area contributed by atoms with Crippen LogP contribution >= 0.6 is 0 Å². The molecule has 0 saturated carbocycles. The van der Waals surface area contributed by atoms with E-state index in [0.717, 1.165) is 0 Å². The molecule has 1 aliphatic carbocycles. The van der Waals surface area contributed by atoms with Gasteiger partial charge in [-0.1, -0.05) is 33.8 Å². The molecule has 0 spiro atoms. The van der Waals surface area contributed by atoms with Gasteiger partial charge in [-0.2, -0.15) is 0 Å². The highest BCUT2D eigenvalue weighted by atomic mass is 16.5. The number of fused-ring (bicyclic) bond motifs is 2. The van der Waals surface area contributed by atoms with E-state index in [4.69, 9.17) is 19.6 Å². The number of anilines is 1. The van der Waals surface area contributed by atoms with Crippen LogP contribution in [0.3, 0.4) is 0 Å². The first-order valence-electron chi connectivity index (χ1n) is 14.8. The third-order valence-electron chi connectivity index (χ3n) is 7.04. The lowest BCUT2D eigenvalue weighted by Crippen LogP contribution is -2.43. The Bertz CT molecular complexity index is 1590. The van der Waals surface area contributed by atoms with E-state index in [1.807, 2.05) is 27.7 Å². The van der Waals surface area contributed by atoms with Gasteiger partial charge >= 0.3 is 11.9 Å². The molecule has 0 saturated heterocycles. The Kier molecular flexibility index (Phi) is 11.1. The predicted molar refractivity (Wildman–Crippen MR) is 165 cm³/mol. The number of nitrogens with one attached hydrogen (secondary N) is 2. The van der Waals surface area contributed by atoms with Crippen LogP contribution in [0.25, 0.3) is 22.6 Å². The monoisotopic (exact) mass is 610 g/mol. The van der Waals surface area contributed by atoms with Crippen molar-refractivity contribution in [3.63, 3.8) is 0 Å². The van der Waals surface area contributed by atoms with E-state index in [1.54, 1.807) is 26.8 Å². The molecule has 1 heterocycles. The van der Waals surface area contributed by atoms with Gasteiger partial charge in [0.1, 0.15) is 23.3 Å². The van der Waals surface area contributed by atoms with Crippen LogP contribution in [0.2, 0.25) is 0 Å². The smallest absolute Gasteiger partial charge is 0.328 e. The van der Waals surface area contributed by atoms with Crippen molar-refractivity contribution in [3.8, 4) is 11.5 Å². The van der Waals surface area contributed by atoms with Crippen molar-refractivity contribution >= 4 is 40.5 Å². The fourth-order valence-corrected chi connectivity index (χ4v) is 4.93. The molecule has 0 aromatic heterocycles. The Balaban J connectivity index is 2.22. The second kappa shape index (κ2) is 14.3. The third-order valence-corrected chi connectivity index (χ3v) is 7.04. The predicted octanol–water partition coefficient (Wildman–Crippen LogP) is 3.91. The minimum atomic E-state index is -1.00. The summed E-state index contributed by atoms with van der Waals surface area (Å²) in [4.78, 5) is 70.4. The highest BCUT2D eigenvalue weighted by Crippen LogP contribution is 2.34. The Hall–Kier alpha value is -4.48. The van der Waals surface area contributed by atoms with Crippen LogP contribution in [-0.4, -0.2) is 54.0 Å². The first-order valence-corrected chi connectivity index (χ1v) is 14.8. The van der Waals surface area contributed by atoms with Crippen molar-refractivity contribution in [2.45, 2.75) is 80.3 Å². The molecule has 12 nitrogen and oxygen atoms in total. The highest BCUT2D eigenvalue weighted by molar-refractivity contribution is 6.09. The molecule has 12 heteroatoms. The lowest BCUT2D eigenvalue weighted by atomic mass is 9.98. The van der Waals surface area contributed by atoms with Gasteiger partial charge in [-0.05, 0) is 64.0 Å². The Labute approximate surface area is 256 Å². The van der Waals surface area contributed by atoms with Gasteiger partial charge in [-0.15, -0.1) is 0 Å². The van der Waals surface area contributed by atoms with Crippen LogP contribution in [0.1, 0.15) is 86.2 Å². The molecule has 238 valence electrons. The fraction of sp³-hybridized carbons (Fsp3) is 0.500. The average molecular weight is 611 g/mol. The van der Waals surface area contributed by atoms with E-state index < -0.39 is 41.3 Å². The summed E-state index contributed by atoms with van der Waals surface area (Å²) < 4.78 is 16.5.